The summed E-state index contributed by atoms with van der Waals surface area (Å²) in [6.07, 6.45) is 2.90. The van der Waals surface area contributed by atoms with E-state index < -0.39 is 0 Å². The number of benzene rings is 1. The van der Waals surface area contributed by atoms with E-state index >= 15 is 0 Å². The van der Waals surface area contributed by atoms with Crippen LogP contribution < -0.4 is 5.46 Å². The molecule has 0 atom stereocenters. The maximum absolute atomic E-state index is 12.6. The Morgan fingerprint density at radius 3 is 2.12 bits per heavy atom. The minimum Gasteiger partial charge on any atom is -0.399 e. The molecule has 0 radical (unpaired) electrons. The molecule has 1 aromatic carbocycles. The highest BCUT2D eigenvalue weighted by Gasteiger charge is 2.51. The molecule has 2 heterocycles. The van der Waals surface area contributed by atoms with Crippen molar-refractivity contribution < 1.29 is 14.1 Å². The Hall–Kier alpha value is -1.17. The van der Waals surface area contributed by atoms with Crippen LogP contribution in [0.15, 0.2) is 24.3 Å². The Morgan fingerprint density at radius 1 is 1.08 bits per heavy atom. The van der Waals surface area contributed by atoms with Crippen molar-refractivity contribution in [1.82, 2.24) is 4.90 Å². The van der Waals surface area contributed by atoms with Crippen LogP contribution in [0, 0.1) is 5.92 Å². The van der Waals surface area contributed by atoms with E-state index in [9.17, 15) is 4.79 Å². The minimum absolute atomic E-state index is 0.245. The second-order valence-corrected chi connectivity index (χ2v) is 8.58. The van der Waals surface area contributed by atoms with Crippen LogP contribution in [0.2, 0.25) is 0 Å². The molecule has 3 rings (SSSR count). The predicted molar refractivity (Wildman–Crippen MR) is 101 cm³/mol. The summed E-state index contributed by atoms with van der Waals surface area (Å²) in [6.45, 7) is 10.4. The third kappa shape index (κ3) is 3.99. The largest absolute Gasteiger partial charge is 0.494 e. The van der Waals surface area contributed by atoms with Gasteiger partial charge in [0, 0.05) is 12.0 Å². The Kier molecular flexibility index (Phi) is 5.11. The van der Waals surface area contributed by atoms with Crippen LogP contribution in [0.3, 0.4) is 0 Å². The van der Waals surface area contributed by atoms with Crippen molar-refractivity contribution in [2.24, 2.45) is 5.92 Å². The van der Waals surface area contributed by atoms with E-state index in [4.69, 9.17) is 9.31 Å². The Morgan fingerprint density at radius 2 is 1.60 bits per heavy atom. The molecule has 5 heteroatoms. The Bertz CT molecular complexity index is 602. The van der Waals surface area contributed by atoms with Crippen molar-refractivity contribution in [1.29, 1.82) is 0 Å². The van der Waals surface area contributed by atoms with Crippen LogP contribution in [0.25, 0.3) is 0 Å². The number of piperidine rings is 1. The molecule has 2 fully saturated rings. The lowest BCUT2D eigenvalue weighted by Gasteiger charge is -2.32. The molecule has 0 saturated carbocycles. The van der Waals surface area contributed by atoms with Crippen LogP contribution in [0.1, 0.15) is 57.3 Å². The van der Waals surface area contributed by atoms with Gasteiger partial charge in [0.1, 0.15) is 0 Å². The van der Waals surface area contributed by atoms with E-state index in [1.807, 2.05) is 52.0 Å². The topological polar surface area (TPSA) is 38.8 Å². The number of hydrogen-bond donors (Lipinski definition) is 0. The normalized spacial score (nSPS) is 23.8. The maximum Gasteiger partial charge on any atom is 0.494 e. The first-order valence-corrected chi connectivity index (χ1v) is 9.35. The summed E-state index contributed by atoms with van der Waals surface area (Å²) in [6, 6.07) is 7.75. The summed E-state index contributed by atoms with van der Waals surface area (Å²) in [7, 11) is 1.77. The highest BCUT2D eigenvalue weighted by Crippen LogP contribution is 2.36. The van der Waals surface area contributed by atoms with Gasteiger partial charge in [0.2, 0.25) is 0 Å². The predicted octanol–water partition coefficient (Wildman–Crippen LogP) is 2.90. The van der Waals surface area contributed by atoms with Crippen LogP contribution in [-0.2, 0) is 9.31 Å². The first-order valence-electron chi connectivity index (χ1n) is 9.35. The standard InChI is InChI=1S/C20H30BNO3/c1-19(2)20(3,4)25-21(24-19)17-8-6-16(7-9-17)18(23)14-15-10-12-22(5)13-11-15/h6-9,15H,10-14H2,1-5H3. The minimum atomic E-state index is -0.372. The lowest BCUT2D eigenvalue weighted by molar-refractivity contribution is 0.00578. The molecule has 0 spiro atoms. The van der Waals surface area contributed by atoms with E-state index in [0.29, 0.717) is 12.3 Å². The van der Waals surface area contributed by atoms with Gasteiger partial charge in [-0.25, -0.2) is 0 Å². The third-order valence-corrected chi connectivity index (χ3v) is 6.07. The van der Waals surface area contributed by atoms with Crippen molar-refractivity contribution in [2.75, 3.05) is 20.1 Å². The van der Waals surface area contributed by atoms with E-state index in [2.05, 4.69) is 11.9 Å². The van der Waals surface area contributed by atoms with Gasteiger partial charge in [-0.05, 0) is 72.1 Å². The summed E-state index contributed by atoms with van der Waals surface area (Å²) in [5, 5.41) is 0. The number of ketones is 1. The zero-order valence-corrected chi connectivity index (χ0v) is 16.2. The molecule has 0 N–H and O–H groups in total. The molecular weight excluding hydrogens is 313 g/mol. The molecular formula is C20H30BNO3. The number of nitrogens with zero attached hydrogens (tertiary/aromatic N) is 1. The summed E-state index contributed by atoms with van der Waals surface area (Å²) in [5.74, 6) is 0.765. The first kappa shape index (κ1) is 18.6. The maximum atomic E-state index is 12.6. The number of hydrogen-bond acceptors (Lipinski definition) is 4. The van der Waals surface area contributed by atoms with Crippen molar-refractivity contribution in [2.45, 2.75) is 58.2 Å². The van der Waals surface area contributed by atoms with E-state index in [0.717, 1.165) is 37.0 Å². The quantitative estimate of drug-likeness (QED) is 0.622. The molecule has 136 valence electrons. The lowest BCUT2D eigenvalue weighted by Crippen LogP contribution is -2.41. The van der Waals surface area contributed by atoms with E-state index in [1.54, 1.807) is 0 Å². The smallest absolute Gasteiger partial charge is 0.399 e. The number of likely N-dealkylation sites (tertiary alicyclic amines) is 1. The fraction of sp³-hybridized carbons (Fsp3) is 0.650. The second-order valence-electron chi connectivity index (χ2n) is 8.58. The van der Waals surface area contributed by atoms with Crippen molar-refractivity contribution in [3.63, 3.8) is 0 Å². The van der Waals surface area contributed by atoms with Crippen LogP contribution in [-0.4, -0.2) is 49.1 Å². The third-order valence-electron chi connectivity index (χ3n) is 6.07. The number of Topliss-reactive ketones (excluding diaryl/α,β-unsaturated/α-hetero) is 1. The fourth-order valence-electron chi connectivity index (χ4n) is 3.45. The summed E-state index contributed by atoms with van der Waals surface area (Å²) in [5.41, 5.74) is 1.06. The lowest BCUT2D eigenvalue weighted by atomic mass is 9.78. The van der Waals surface area contributed by atoms with Gasteiger partial charge in [-0.15, -0.1) is 0 Å². The average Bonchev–Trinajstić information content (AvgIpc) is 2.78. The van der Waals surface area contributed by atoms with Gasteiger partial charge in [-0.2, -0.15) is 0 Å². The van der Waals surface area contributed by atoms with Crippen molar-refractivity contribution in [3.8, 4) is 0 Å². The highest BCUT2D eigenvalue weighted by atomic mass is 16.7. The van der Waals surface area contributed by atoms with Crippen LogP contribution in [0.4, 0.5) is 0 Å². The number of rotatable bonds is 4. The molecule has 0 amide bonds. The zero-order chi connectivity index (χ0) is 18.2. The summed E-state index contributed by atoms with van der Waals surface area (Å²) in [4.78, 5) is 14.9. The van der Waals surface area contributed by atoms with E-state index in [1.165, 1.54) is 0 Å². The molecule has 0 aliphatic carbocycles. The molecule has 2 saturated heterocycles. The van der Waals surface area contributed by atoms with Gasteiger partial charge in [0.15, 0.2) is 5.78 Å². The molecule has 2 aliphatic heterocycles. The Labute approximate surface area is 152 Å². The Balaban J connectivity index is 1.62. The van der Waals surface area contributed by atoms with E-state index in [-0.39, 0.29) is 24.1 Å². The highest BCUT2D eigenvalue weighted by molar-refractivity contribution is 6.62. The number of carbonyl (C=O) groups excluding carboxylic acids is 1. The molecule has 1 aromatic rings. The summed E-state index contributed by atoms with van der Waals surface area (Å²) < 4.78 is 12.1. The van der Waals surface area contributed by atoms with Gasteiger partial charge in [0.05, 0.1) is 11.2 Å². The monoisotopic (exact) mass is 343 g/mol. The molecule has 0 aromatic heterocycles. The van der Waals surface area contributed by atoms with Gasteiger partial charge >= 0.3 is 7.12 Å². The van der Waals surface area contributed by atoms with Gasteiger partial charge in [-0.3, -0.25) is 4.79 Å². The molecule has 25 heavy (non-hydrogen) atoms. The molecule has 2 aliphatic rings. The van der Waals surface area contributed by atoms with Crippen molar-refractivity contribution in [3.05, 3.63) is 29.8 Å². The average molecular weight is 343 g/mol. The van der Waals surface area contributed by atoms with Gasteiger partial charge < -0.3 is 14.2 Å². The van der Waals surface area contributed by atoms with Gasteiger partial charge in [-0.1, -0.05) is 24.3 Å². The molecule has 0 unspecified atom stereocenters. The first-order chi connectivity index (χ1) is 11.7. The molecule has 0 bridgehead atoms. The number of carbonyl (C=O) groups is 1. The SMILES string of the molecule is CN1CCC(CC(=O)c2ccc(B3OC(C)(C)C(C)(C)O3)cc2)CC1. The van der Waals surface area contributed by atoms with Crippen LogP contribution >= 0.6 is 0 Å². The fourth-order valence-corrected chi connectivity index (χ4v) is 3.45. The van der Waals surface area contributed by atoms with Crippen LogP contribution in [0.5, 0.6) is 0 Å². The molecule has 4 nitrogen and oxygen atoms in total. The summed E-state index contributed by atoms with van der Waals surface area (Å²) >= 11 is 0. The van der Waals surface area contributed by atoms with Gasteiger partial charge in [0.25, 0.3) is 0 Å². The second kappa shape index (κ2) is 6.86. The zero-order valence-electron chi connectivity index (χ0n) is 16.2. The van der Waals surface area contributed by atoms with Crippen molar-refractivity contribution >= 4 is 18.4 Å².